The van der Waals surface area contributed by atoms with E-state index in [0.29, 0.717) is 0 Å². The molecule has 0 bridgehead atoms. The molecule has 1 saturated heterocycles. The SMILES string of the molecule is CCN(CC)C(=O)c1ccc(C(c2ccccc2)N2CCN(C)CC2)cc1.Cl. The number of hydrogen-bond acceptors (Lipinski definition) is 3. The standard InChI is InChI=1S/C23H31N3O.ClH/c1-4-25(5-2)23(27)21-13-11-20(12-14-21)22(19-9-7-6-8-10-19)26-17-15-24(3)16-18-26;/h6-14,22H,4-5,15-18H2,1-3H3;1H. The zero-order valence-electron chi connectivity index (χ0n) is 17.2. The van der Waals surface area contributed by atoms with Crippen molar-refractivity contribution in [2.24, 2.45) is 0 Å². The molecule has 0 saturated carbocycles. The molecule has 0 radical (unpaired) electrons. The Balaban J connectivity index is 0.00000280. The third-order valence-electron chi connectivity index (χ3n) is 5.54. The van der Waals surface area contributed by atoms with Crippen LogP contribution in [0.25, 0.3) is 0 Å². The van der Waals surface area contributed by atoms with Gasteiger partial charge in [0.15, 0.2) is 0 Å². The molecule has 3 rings (SSSR count). The van der Waals surface area contributed by atoms with E-state index in [1.54, 1.807) is 0 Å². The molecule has 5 heteroatoms. The summed E-state index contributed by atoms with van der Waals surface area (Å²) in [6.45, 7) is 9.80. The minimum Gasteiger partial charge on any atom is -0.339 e. The van der Waals surface area contributed by atoms with E-state index in [-0.39, 0.29) is 24.4 Å². The maximum Gasteiger partial charge on any atom is 0.253 e. The van der Waals surface area contributed by atoms with Crippen molar-refractivity contribution in [3.8, 4) is 0 Å². The highest BCUT2D eigenvalue weighted by atomic mass is 35.5. The Kier molecular flexibility index (Phi) is 8.49. The van der Waals surface area contributed by atoms with Gasteiger partial charge in [-0.1, -0.05) is 42.5 Å². The van der Waals surface area contributed by atoms with Gasteiger partial charge in [0.2, 0.25) is 0 Å². The van der Waals surface area contributed by atoms with Crippen LogP contribution in [-0.2, 0) is 0 Å². The number of carbonyl (C=O) groups excluding carboxylic acids is 1. The molecule has 0 spiro atoms. The molecular weight excluding hydrogens is 370 g/mol. The molecule has 152 valence electrons. The Hall–Kier alpha value is -1.88. The van der Waals surface area contributed by atoms with Gasteiger partial charge in [0.25, 0.3) is 5.91 Å². The van der Waals surface area contributed by atoms with E-state index in [0.717, 1.165) is 44.8 Å². The van der Waals surface area contributed by atoms with Crippen molar-refractivity contribution < 1.29 is 4.79 Å². The first-order valence-corrected chi connectivity index (χ1v) is 10.0. The first-order chi connectivity index (χ1) is 13.1. The molecular formula is C23H32ClN3O. The van der Waals surface area contributed by atoms with Gasteiger partial charge >= 0.3 is 0 Å². The zero-order valence-corrected chi connectivity index (χ0v) is 18.0. The topological polar surface area (TPSA) is 26.8 Å². The van der Waals surface area contributed by atoms with Crippen molar-refractivity contribution in [2.45, 2.75) is 19.9 Å². The van der Waals surface area contributed by atoms with Gasteiger partial charge in [0.05, 0.1) is 6.04 Å². The Bertz CT molecular complexity index is 723. The van der Waals surface area contributed by atoms with Gasteiger partial charge in [-0.25, -0.2) is 0 Å². The largest absolute Gasteiger partial charge is 0.339 e. The quantitative estimate of drug-likeness (QED) is 0.733. The molecule has 28 heavy (non-hydrogen) atoms. The smallest absolute Gasteiger partial charge is 0.253 e. The summed E-state index contributed by atoms with van der Waals surface area (Å²) in [7, 11) is 2.18. The third kappa shape index (κ3) is 5.13. The summed E-state index contributed by atoms with van der Waals surface area (Å²) in [6, 6.07) is 19.2. The van der Waals surface area contributed by atoms with E-state index in [1.807, 2.05) is 30.9 Å². The van der Waals surface area contributed by atoms with Crippen LogP contribution >= 0.6 is 12.4 Å². The average molecular weight is 402 g/mol. The lowest BCUT2D eigenvalue weighted by atomic mass is 9.95. The van der Waals surface area contributed by atoms with E-state index in [9.17, 15) is 4.79 Å². The maximum absolute atomic E-state index is 12.6. The number of likely N-dealkylation sites (N-methyl/N-ethyl adjacent to an activating group) is 1. The van der Waals surface area contributed by atoms with E-state index < -0.39 is 0 Å². The third-order valence-corrected chi connectivity index (χ3v) is 5.54. The Morgan fingerprint density at radius 2 is 1.43 bits per heavy atom. The normalized spacial score (nSPS) is 16.2. The summed E-state index contributed by atoms with van der Waals surface area (Å²) in [4.78, 5) is 19.4. The van der Waals surface area contributed by atoms with E-state index >= 15 is 0 Å². The van der Waals surface area contributed by atoms with Gasteiger partial charge < -0.3 is 9.80 Å². The van der Waals surface area contributed by atoms with Crippen molar-refractivity contribution in [2.75, 3.05) is 46.3 Å². The summed E-state index contributed by atoms with van der Waals surface area (Å²) >= 11 is 0. The molecule has 1 aliphatic heterocycles. The molecule has 0 N–H and O–H groups in total. The van der Waals surface area contributed by atoms with Crippen molar-refractivity contribution in [1.29, 1.82) is 0 Å². The van der Waals surface area contributed by atoms with Gasteiger partial charge in [-0.3, -0.25) is 9.69 Å². The Morgan fingerprint density at radius 1 is 0.893 bits per heavy atom. The van der Waals surface area contributed by atoms with Crippen LogP contribution in [0.5, 0.6) is 0 Å². The second-order valence-electron chi connectivity index (χ2n) is 7.25. The number of rotatable bonds is 6. The number of benzene rings is 2. The monoisotopic (exact) mass is 401 g/mol. The maximum atomic E-state index is 12.6. The van der Waals surface area contributed by atoms with Crippen LogP contribution in [-0.4, -0.2) is 66.9 Å². The fraction of sp³-hybridized carbons (Fsp3) is 0.435. The molecule has 4 nitrogen and oxygen atoms in total. The first kappa shape index (κ1) is 22.4. The second kappa shape index (κ2) is 10.6. The fourth-order valence-corrected chi connectivity index (χ4v) is 3.83. The van der Waals surface area contributed by atoms with Crippen LogP contribution in [0.2, 0.25) is 0 Å². The molecule has 1 fully saturated rings. The minimum absolute atomic E-state index is 0. The zero-order chi connectivity index (χ0) is 19.2. The van der Waals surface area contributed by atoms with Gasteiger partial charge in [0.1, 0.15) is 0 Å². The van der Waals surface area contributed by atoms with E-state index in [1.165, 1.54) is 11.1 Å². The predicted octanol–water partition coefficient (Wildman–Crippen LogP) is 3.93. The molecule has 1 unspecified atom stereocenters. The highest BCUT2D eigenvalue weighted by Crippen LogP contribution is 2.29. The van der Waals surface area contributed by atoms with Gasteiger partial charge in [-0.2, -0.15) is 0 Å². The lowest BCUT2D eigenvalue weighted by Crippen LogP contribution is -2.46. The number of halogens is 1. The number of nitrogens with zero attached hydrogens (tertiary/aromatic N) is 3. The number of hydrogen-bond donors (Lipinski definition) is 0. The molecule has 0 aromatic heterocycles. The lowest BCUT2D eigenvalue weighted by molar-refractivity contribution is 0.0773. The van der Waals surface area contributed by atoms with Crippen LogP contribution in [0.1, 0.15) is 41.4 Å². The fourth-order valence-electron chi connectivity index (χ4n) is 3.83. The van der Waals surface area contributed by atoms with Crippen LogP contribution < -0.4 is 0 Å². The highest BCUT2D eigenvalue weighted by molar-refractivity contribution is 5.94. The summed E-state index contributed by atoms with van der Waals surface area (Å²) in [6.07, 6.45) is 0. The average Bonchev–Trinajstić information content (AvgIpc) is 2.72. The van der Waals surface area contributed by atoms with Crippen molar-refractivity contribution in [3.05, 3.63) is 71.3 Å². The summed E-state index contributed by atoms with van der Waals surface area (Å²) < 4.78 is 0. The van der Waals surface area contributed by atoms with Crippen molar-refractivity contribution >= 4 is 18.3 Å². The summed E-state index contributed by atoms with van der Waals surface area (Å²) in [5, 5.41) is 0. The lowest BCUT2D eigenvalue weighted by Gasteiger charge is -2.38. The summed E-state index contributed by atoms with van der Waals surface area (Å²) in [5.74, 6) is 0.113. The van der Waals surface area contributed by atoms with Crippen molar-refractivity contribution in [3.63, 3.8) is 0 Å². The van der Waals surface area contributed by atoms with Gasteiger partial charge in [-0.05, 0) is 44.2 Å². The number of amides is 1. The van der Waals surface area contributed by atoms with Gasteiger partial charge in [0, 0.05) is 44.8 Å². The van der Waals surface area contributed by atoms with Crippen LogP contribution in [0.3, 0.4) is 0 Å². The predicted molar refractivity (Wildman–Crippen MR) is 118 cm³/mol. The molecule has 1 heterocycles. The Labute approximate surface area is 175 Å². The molecule has 2 aromatic carbocycles. The van der Waals surface area contributed by atoms with Crippen LogP contribution in [0.15, 0.2) is 54.6 Å². The molecule has 1 atom stereocenters. The second-order valence-corrected chi connectivity index (χ2v) is 7.25. The molecule has 2 aromatic rings. The number of carbonyl (C=O) groups is 1. The highest BCUT2D eigenvalue weighted by Gasteiger charge is 2.25. The van der Waals surface area contributed by atoms with E-state index in [2.05, 4.69) is 59.3 Å². The van der Waals surface area contributed by atoms with Crippen LogP contribution in [0.4, 0.5) is 0 Å². The Morgan fingerprint density at radius 3 is 1.96 bits per heavy atom. The molecule has 1 aliphatic rings. The van der Waals surface area contributed by atoms with E-state index in [4.69, 9.17) is 0 Å². The molecule has 1 amide bonds. The number of piperazine rings is 1. The van der Waals surface area contributed by atoms with Crippen LogP contribution in [0, 0.1) is 0 Å². The van der Waals surface area contributed by atoms with Crippen molar-refractivity contribution in [1.82, 2.24) is 14.7 Å². The van der Waals surface area contributed by atoms with Gasteiger partial charge in [-0.15, -0.1) is 12.4 Å². The molecule has 0 aliphatic carbocycles. The minimum atomic E-state index is 0. The first-order valence-electron chi connectivity index (χ1n) is 10.0. The summed E-state index contributed by atoms with van der Waals surface area (Å²) in [5.41, 5.74) is 3.33.